The van der Waals surface area contributed by atoms with E-state index in [9.17, 15) is 0 Å². The van der Waals surface area contributed by atoms with E-state index >= 15 is 0 Å². The largest absolute Gasteiger partial charge is 0.493 e. The average molecular weight is 276 g/mol. The van der Waals surface area contributed by atoms with Gasteiger partial charge in [-0.2, -0.15) is 0 Å². The lowest BCUT2D eigenvalue weighted by molar-refractivity contribution is 0.322. The minimum Gasteiger partial charge on any atom is -0.493 e. The maximum Gasteiger partial charge on any atom is 0.163 e. The molecular weight excluding hydrogens is 256 g/mol. The monoisotopic (exact) mass is 276 g/mol. The molecule has 6 nitrogen and oxygen atoms in total. The number of nitrogens with one attached hydrogen (secondary N) is 1. The number of methoxy groups -OCH3 is 2. The number of hydrogen-bond donors (Lipinski definition) is 1. The van der Waals surface area contributed by atoms with Gasteiger partial charge in [0.2, 0.25) is 0 Å². The Morgan fingerprint density at radius 3 is 2.60 bits per heavy atom. The van der Waals surface area contributed by atoms with Gasteiger partial charge >= 0.3 is 0 Å². The van der Waals surface area contributed by atoms with Crippen LogP contribution in [0.15, 0.2) is 12.1 Å². The maximum atomic E-state index is 5.35. The van der Waals surface area contributed by atoms with Gasteiger partial charge in [-0.1, -0.05) is 5.21 Å². The first-order chi connectivity index (χ1) is 9.81. The molecule has 0 spiro atoms. The van der Waals surface area contributed by atoms with Gasteiger partial charge in [0.25, 0.3) is 0 Å². The highest BCUT2D eigenvalue weighted by Crippen LogP contribution is 2.31. The fourth-order valence-corrected chi connectivity index (χ4v) is 2.74. The summed E-state index contributed by atoms with van der Waals surface area (Å²) < 4.78 is 12.6. The van der Waals surface area contributed by atoms with Gasteiger partial charge in [-0.05, 0) is 31.8 Å². The van der Waals surface area contributed by atoms with Crippen molar-refractivity contribution in [3.05, 3.63) is 12.1 Å². The molecule has 0 unspecified atom stereocenters. The smallest absolute Gasteiger partial charge is 0.163 e. The molecule has 0 bridgehead atoms. The summed E-state index contributed by atoms with van der Waals surface area (Å²) >= 11 is 0. The number of hydrogen-bond acceptors (Lipinski definition) is 5. The van der Waals surface area contributed by atoms with E-state index in [1.165, 1.54) is 12.8 Å². The highest BCUT2D eigenvalue weighted by atomic mass is 16.5. The van der Waals surface area contributed by atoms with E-state index in [2.05, 4.69) is 15.6 Å². The molecule has 0 atom stereocenters. The minimum atomic E-state index is 0.661. The molecule has 20 heavy (non-hydrogen) atoms. The van der Waals surface area contributed by atoms with Crippen molar-refractivity contribution in [1.82, 2.24) is 20.3 Å². The number of benzene rings is 1. The van der Waals surface area contributed by atoms with Gasteiger partial charge in [-0.25, -0.2) is 4.68 Å². The standard InChI is InChI=1S/C14H20N4O2/c1-19-13-7-11-12(8-14(13)20-2)18(17-16-11)9-10-3-5-15-6-4-10/h7-8,10,15H,3-6,9H2,1-2H3. The van der Waals surface area contributed by atoms with Crippen LogP contribution in [0.5, 0.6) is 11.5 Å². The SMILES string of the molecule is COc1cc2nnn(CC3CCNCC3)c2cc1OC. The molecule has 1 aliphatic heterocycles. The first-order valence-corrected chi connectivity index (χ1v) is 6.97. The highest BCUT2D eigenvalue weighted by molar-refractivity contribution is 5.79. The predicted molar refractivity (Wildman–Crippen MR) is 76.2 cm³/mol. The Balaban J connectivity index is 1.91. The number of piperidine rings is 1. The zero-order chi connectivity index (χ0) is 13.9. The highest BCUT2D eigenvalue weighted by Gasteiger charge is 2.17. The van der Waals surface area contributed by atoms with Crippen LogP contribution in [-0.4, -0.2) is 42.3 Å². The van der Waals surface area contributed by atoms with Crippen molar-refractivity contribution in [2.45, 2.75) is 19.4 Å². The Labute approximate surface area is 118 Å². The van der Waals surface area contributed by atoms with Crippen LogP contribution in [0.1, 0.15) is 12.8 Å². The molecule has 2 heterocycles. The summed E-state index contributed by atoms with van der Waals surface area (Å²) in [7, 11) is 3.27. The van der Waals surface area contributed by atoms with Gasteiger partial charge in [0.05, 0.1) is 19.7 Å². The Morgan fingerprint density at radius 2 is 1.90 bits per heavy atom. The Bertz CT molecular complexity index is 590. The van der Waals surface area contributed by atoms with Crippen LogP contribution >= 0.6 is 0 Å². The summed E-state index contributed by atoms with van der Waals surface area (Å²) in [5, 5.41) is 11.9. The summed E-state index contributed by atoms with van der Waals surface area (Å²) in [6.45, 7) is 3.09. The summed E-state index contributed by atoms with van der Waals surface area (Å²) in [4.78, 5) is 0. The van der Waals surface area contributed by atoms with Crippen LogP contribution in [0.4, 0.5) is 0 Å². The lowest BCUT2D eigenvalue weighted by Crippen LogP contribution is -2.30. The molecule has 6 heteroatoms. The molecule has 0 amide bonds. The normalized spacial score (nSPS) is 16.5. The van der Waals surface area contributed by atoms with Crippen LogP contribution < -0.4 is 14.8 Å². The van der Waals surface area contributed by atoms with E-state index < -0.39 is 0 Å². The molecule has 0 aliphatic carbocycles. The quantitative estimate of drug-likeness (QED) is 0.915. The number of fused-ring (bicyclic) bond motifs is 1. The van der Waals surface area contributed by atoms with Gasteiger partial charge in [0.15, 0.2) is 11.5 Å². The average Bonchev–Trinajstić information content (AvgIpc) is 2.89. The second kappa shape index (κ2) is 5.66. The molecule has 1 saturated heterocycles. The molecule has 0 radical (unpaired) electrons. The third kappa shape index (κ3) is 2.43. The van der Waals surface area contributed by atoms with E-state index in [1.54, 1.807) is 14.2 Å². The molecule has 1 aliphatic rings. The van der Waals surface area contributed by atoms with Crippen molar-refractivity contribution in [3.63, 3.8) is 0 Å². The number of aromatic nitrogens is 3. The number of ether oxygens (including phenoxy) is 2. The summed E-state index contributed by atoms with van der Waals surface area (Å²) in [5.41, 5.74) is 1.85. The van der Waals surface area contributed by atoms with Gasteiger partial charge in [0, 0.05) is 18.7 Å². The summed E-state index contributed by atoms with van der Waals surface area (Å²) in [6.07, 6.45) is 2.38. The van der Waals surface area contributed by atoms with Crippen LogP contribution in [0, 0.1) is 5.92 Å². The predicted octanol–water partition coefficient (Wildman–Crippen LogP) is 1.45. The maximum absolute atomic E-state index is 5.35. The topological polar surface area (TPSA) is 61.2 Å². The molecule has 1 fully saturated rings. The number of rotatable bonds is 4. The van der Waals surface area contributed by atoms with E-state index in [0.29, 0.717) is 17.4 Å². The molecule has 108 valence electrons. The Morgan fingerprint density at radius 1 is 1.20 bits per heavy atom. The van der Waals surface area contributed by atoms with E-state index in [-0.39, 0.29) is 0 Å². The fraction of sp³-hybridized carbons (Fsp3) is 0.571. The van der Waals surface area contributed by atoms with Crippen molar-refractivity contribution in [2.75, 3.05) is 27.3 Å². The molecule has 1 N–H and O–H groups in total. The second-order valence-corrected chi connectivity index (χ2v) is 5.16. The Kier molecular flexibility index (Phi) is 3.73. The fourth-order valence-electron chi connectivity index (χ4n) is 2.74. The van der Waals surface area contributed by atoms with Crippen molar-refractivity contribution in [3.8, 4) is 11.5 Å². The van der Waals surface area contributed by atoms with Crippen molar-refractivity contribution in [2.24, 2.45) is 5.92 Å². The molecule has 1 aromatic heterocycles. The van der Waals surface area contributed by atoms with Crippen molar-refractivity contribution in [1.29, 1.82) is 0 Å². The summed E-state index contributed by atoms with van der Waals surface area (Å²) in [5.74, 6) is 2.07. The first-order valence-electron chi connectivity index (χ1n) is 6.97. The third-order valence-electron chi connectivity index (χ3n) is 3.91. The van der Waals surface area contributed by atoms with Gasteiger partial charge in [0.1, 0.15) is 5.52 Å². The van der Waals surface area contributed by atoms with Gasteiger partial charge in [-0.3, -0.25) is 0 Å². The summed E-state index contributed by atoms with van der Waals surface area (Å²) in [6, 6.07) is 3.83. The van der Waals surface area contributed by atoms with Crippen LogP contribution in [0.2, 0.25) is 0 Å². The van der Waals surface area contributed by atoms with Gasteiger partial charge < -0.3 is 14.8 Å². The molecule has 0 saturated carbocycles. The molecule has 1 aromatic carbocycles. The van der Waals surface area contributed by atoms with Crippen LogP contribution in [0.3, 0.4) is 0 Å². The van der Waals surface area contributed by atoms with Crippen molar-refractivity contribution < 1.29 is 9.47 Å². The third-order valence-corrected chi connectivity index (χ3v) is 3.91. The minimum absolute atomic E-state index is 0.661. The van der Waals surface area contributed by atoms with E-state index in [4.69, 9.17) is 9.47 Å². The van der Waals surface area contributed by atoms with Crippen LogP contribution in [0.25, 0.3) is 11.0 Å². The van der Waals surface area contributed by atoms with Gasteiger partial charge in [-0.15, -0.1) is 5.10 Å². The van der Waals surface area contributed by atoms with E-state index in [1.807, 2.05) is 16.8 Å². The van der Waals surface area contributed by atoms with Crippen LogP contribution in [-0.2, 0) is 6.54 Å². The lowest BCUT2D eigenvalue weighted by Gasteiger charge is -2.22. The van der Waals surface area contributed by atoms with Crippen molar-refractivity contribution >= 4 is 11.0 Å². The molecular formula is C14H20N4O2. The number of nitrogens with zero attached hydrogens (tertiary/aromatic N) is 3. The molecule has 3 rings (SSSR count). The second-order valence-electron chi connectivity index (χ2n) is 5.16. The first kappa shape index (κ1) is 13.2. The molecule has 2 aromatic rings. The lowest BCUT2D eigenvalue weighted by atomic mass is 9.98. The zero-order valence-corrected chi connectivity index (χ0v) is 11.9. The Hall–Kier alpha value is -1.82. The van der Waals surface area contributed by atoms with E-state index in [0.717, 1.165) is 30.7 Å². The zero-order valence-electron chi connectivity index (χ0n) is 11.9.